The molecule has 1 fully saturated rings. The molecule has 0 amide bonds. The van der Waals surface area contributed by atoms with Crippen LogP contribution in [0, 0.1) is 11.8 Å². The van der Waals surface area contributed by atoms with Crippen molar-refractivity contribution in [2.45, 2.75) is 39.7 Å². The molecular formula is C11H23N3O2S2. The Morgan fingerprint density at radius 1 is 1.39 bits per heavy atom. The first kappa shape index (κ1) is 15.8. The van der Waals surface area contributed by atoms with Crippen LogP contribution in [0.3, 0.4) is 0 Å². The number of hydrogen-bond acceptors (Lipinski definition) is 3. The van der Waals surface area contributed by atoms with Gasteiger partial charge in [-0.3, -0.25) is 0 Å². The standard InChI is InChI=1S/C11H23N3O2S2/c1-8(2)10(11(12)17)13-18(15,16)14-6-4-9(3)5-7-14/h8-10,13H,4-7H2,1-3H3,(H2,12,17). The molecule has 1 heterocycles. The smallest absolute Gasteiger partial charge is 0.280 e. The fourth-order valence-electron chi connectivity index (χ4n) is 1.98. The fourth-order valence-corrected chi connectivity index (χ4v) is 3.95. The molecule has 106 valence electrons. The molecule has 0 aromatic carbocycles. The average Bonchev–Trinajstić information content (AvgIpc) is 2.26. The molecule has 0 bridgehead atoms. The molecule has 1 atom stereocenters. The quantitative estimate of drug-likeness (QED) is 0.737. The van der Waals surface area contributed by atoms with E-state index in [1.54, 1.807) is 0 Å². The molecule has 3 N–H and O–H groups in total. The van der Waals surface area contributed by atoms with E-state index in [2.05, 4.69) is 11.6 Å². The first-order valence-electron chi connectivity index (χ1n) is 6.30. The maximum Gasteiger partial charge on any atom is 0.280 e. The van der Waals surface area contributed by atoms with Gasteiger partial charge in [0.15, 0.2) is 0 Å². The molecule has 1 aliphatic rings. The lowest BCUT2D eigenvalue weighted by molar-refractivity contribution is 0.283. The van der Waals surface area contributed by atoms with Crippen LogP contribution < -0.4 is 10.5 Å². The van der Waals surface area contributed by atoms with Crippen molar-refractivity contribution in [3.8, 4) is 0 Å². The van der Waals surface area contributed by atoms with Crippen molar-refractivity contribution in [2.75, 3.05) is 13.1 Å². The van der Waals surface area contributed by atoms with Crippen LogP contribution in [0.4, 0.5) is 0 Å². The summed E-state index contributed by atoms with van der Waals surface area (Å²) in [6.07, 6.45) is 1.81. The van der Waals surface area contributed by atoms with E-state index >= 15 is 0 Å². The van der Waals surface area contributed by atoms with Gasteiger partial charge in [-0.1, -0.05) is 33.0 Å². The molecular weight excluding hydrogens is 270 g/mol. The molecule has 1 saturated heterocycles. The number of hydrogen-bond donors (Lipinski definition) is 2. The van der Waals surface area contributed by atoms with Crippen molar-refractivity contribution in [1.82, 2.24) is 9.03 Å². The molecule has 0 radical (unpaired) electrons. The van der Waals surface area contributed by atoms with Crippen LogP contribution in [0.2, 0.25) is 0 Å². The molecule has 0 saturated carbocycles. The van der Waals surface area contributed by atoms with E-state index in [-0.39, 0.29) is 10.9 Å². The van der Waals surface area contributed by atoms with E-state index in [1.807, 2.05) is 13.8 Å². The van der Waals surface area contributed by atoms with Gasteiger partial charge in [-0.25, -0.2) is 0 Å². The van der Waals surface area contributed by atoms with E-state index in [4.69, 9.17) is 18.0 Å². The highest BCUT2D eigenvalue weighted by Crippen LogP contribution is 2.18. The van der Waals surface area contributed by atoms with Crippen molar-refractivity contribution in [2.24, 2.45) is 17.6 Å². The second-order valence-corrected chi connectivity index (χ2v) is 7.50. The van der Waals surface area contributed by atoms with Crippen molar-refractivity contribution in [3.05, 3.63) is 0 Å². The summed E-state index contributed by atoms with van der Waals surface area (Å²) >= 11 is 4.91. The van der Waals surface area contributed by atoms with Gasteiger partial charge in [-0.05, 0) is 24.7 Å². The minimum atomic E-state index is -3.48. The van der Waals surface area contributed by atoms with Gasteiger partial charge < -0.3 is 5.73 Å². The normalized spacial score (nSPS) is 21.1. The zero-order valence-electron chi connectivity index (χ0n) is 11.2. The Kier molecular flexibility index (Phi) is 5.51. The Bertz CT molecular complexity index is 387. The van der Waals surface area contributed by atoms with E-state index < -0.39 is 16.3 Å². The highest BCUT2D eigenvalue weighted by Gasteiger charge is 2.30. The topological polar surface area (TPSA) is 75.4 Å². The Labute approximate surface area is 115 Å². The lowest BCUT2D eigenvalue weighted by Crippen LogP contribution is -2.53. The van der Waals surface area contributed by atoms with Crippen molar-refractivity contribution in [1.29, 1.82) is 0 Å². The van der Waals surface area contributed by atoms with Crippen LogP contribution in [0.1, 0.15) is 33.6 Å². The molecule has 0 aromatic rings. The molecule has 0 aromatic heterocycles. The van der Waals surface area contributed by atoms with Gasteiger partial charge in [0.05, 0.1) is 11.0 Å². The van der Waals surface area contributed by atoms with Crippen LogP contribution in [-0.4, -0.2) is 36.8 Å². The predicted molar refractivity (Wildman–Crippen MR) is 77.4 cm³/mol. The summed E-state index contributed by atoms with van der Waals surface area (Å²) in [5.41, 5.74) is 5.58. The Morgan fingerprint density at radius 2 is 1.89 bits per heavy atom. The second-order valence-electron chi connectivity index (χ2n) is 5.33. The summed E-state index contributed by atoms with van der Waals surface area (Å²) in [7, 11) is -3.48. The third-order valence-corrected chi connectivity index (χ3v) is 5.18. The number of nitrogens with one attached hydrogen (secondary N) is 1. The summed E-state index contributed by atoms with van der Waals surface area (Å²) in [4.78, 5) is 0.193. The molecule has 0 aliphatic carbocycles. The number of nitrogens with two attached hydrogens (primary N) is 1. The predicted octanol–water partition coefficient (Wildman–Crippen LogP) is 0.863. The lowest BCUT2D eigenvalue weighted by atomic mass is 10.0. The highest BCUT2D eigenvalue weighted by molar-refractivity contribution is 7.87. The monoisotopic (exact) mass is 293 g/mol. The van der Waals surface area contributed by atoms with Gasteiger partial charge in [-0.15, -0.1) is 0 Å². The molecule has 5 nitrogen and oxygen atoms in total. The first-order chi connectivity index (χ1) is 8.24. The van der Waals surface area contributed by atoms with E-state index in [1.165, 1.54) is 4.31 Å². The Hall–Kier alpha value is -0.240. The second kappa shape index (κ2) is 6.27. The number of piperidine rings is 1. The molecule has 1 rings (SSSR count). The summed E-state index contributed by atoms with van der Waals surface area (Å²) in [5, 5.41) is 0. The maximum absolute atomic E-state index is 12.2. The number of thiocarbonyl (C=S) groups is 1. The fraction of sp³-hybridized carbons (Fsp3) is 0.909. The highest BCUT2D eigenvalue weighted by atomic mass is 32.2. The molecule has 1 aliphatic heterocycles. The van der Waals surface area contributed by atoms with Gasteiger partial charge in [0, 0.05) is 13.1 Å². The minimum absolute atomic E-state index is 0.0426. The van der Waals surface area contributed by atoms with Gasteiger partial charge in [0.2, 0.25) is 0 Å². The zero-order chi connectivity index (χ0) is 13.9. The van der Waals surface area contributed by atoms with Crippen LogP contribution in [-0.2, 0) is 10.2 Å². The largest absolute Gasteiger partial charge is 0.392 e. The molecule has 0 spiro atoms. The van der Waals surface area contributed by atoms with Crippen LogP contribution in [0.25, 0.3) is 0 Å². The average molecular weight is 293 g/mol. The summed E-state index contributed by atoms with van der Waals surface area (Å²) in [6.45, 7) is 7.07. The maximum atomic E-state index is 12.2. The molecule has 7 heteroatoms. The summed E-state index contributed by atoms with van der Waals surface area (Å²) in [5.74, 6) is 0.633. The van der Waals surface area contributed by atoms with E-state index in [0.29, 0.717) is 19.0 Å². The first-order valence-corrected chi connectivity index (χ1v) is 8.15. The van der Waals surface area contributed by atoms with Gasteiger partial charge >= 0.3 is 0 Å². The molecule has 1 unspecified atom stereocenters. The van der Waals surface area contributed by atoms with Crippen LogP contribution in [0.15, 0.2) is 0 Å². The lowest BCUT2D eigenvalue weighted by Gasteiger charge is -2.31. The minimum Gasteiger partial charge on any atom is -0.392 e. The van der Waals surface area contributed by atoms with Crippen LogP contribution in [0.5, 0.6) is 0 Å². The zero-order valence-corrected chi connectivity index (χ0v) is 12.9. The number of rotatable bonds is 5. The summed E-state index contributed by atoms with van der Waals surface area (Å²) in [6, 6.07) is -0.482. The third-order valence-electron chi connectivity index (χ3n) is 3.33. The SMILES string of the molecule is CC1CCN(S(=O)(=O)NC(C(N)=S)C(C)C)CC1. The Balaban J connectivity index is 2.72. The molecule has 18 heavy (non-hydrogen) atoms. The summed E-state index contributed by atoms with van der Waals surface area (Å²) < 4.78 is 28.5. The van der Waals surface area contributed by atoms with E-state index in [9.17, 15) is 8.42 Å². The Morgan fingerprint density at radius 3 is 2.28 bits per heavy atom. The van der Waals surface area contributed by atoms with Crippen molar-refractivity contribution in [3.63, 3.8) is 0 Å². The van der Waals surface area contributed by atoms with Crippen molar-refractivity contribution < 1.29 is 8.42 Å². The van der Waals surface area contributed by atoms with Gasteiger partial charge in [0.1, 0.15) is 0 Å². The van der Waals surface area contributed by atoms with Gasteiger partial charge in [0.25, 0.3) is 10.2 Å². The number of nitrogens with zero attached hydrogens (tertiary/aromatic N) is 1. The van der Waals surface area contributed by atoms with Gasteiger partial charge in [-0.2, -0.15) is 17.4 Å². The van der Waals surface area contributed by atoms with Crippen LogP contribution >= 0.6 is 12.2 Å². The third kappa shape index (κ3) is 4.15. The van der Waals surface area contributed by atoms with E-state index in [0.717, 1.165) is 12.8 Å². The van der Waals surface area contributed by atoms with Crippen molar-refractivity contribution >= 4 is 27.4 Å².